The molecule has 3 nitrogen and oxygen atoms in total. The van der Waals surface area contributed by atoms with Gasteiger partial charge in [-0.05, 0) is 25.3 Å². The second-order valence-corrected chi connectivity index (χ2v) is 3.55. The zero-order chi connectivity index (χ0) is 10.6. The molecule has 3 heteroatoms. The van der Waals surface area contributed by atoms with Crippen LogP contribution >= 0.6 is 0 Å². The quantitative estimate of drug-likeness (QED) is 0.799. The molecule has 0 amide bonds. The van der Waals surface area contributed by atoms with Crippen molar-refractivity contribution in [3.63, 3.8) is 0 Å². The summed E-state index contributed by atoms with van der Waals surface area (Å²) in [6.07, 6.45) is 4.61. The maximum Gasteiger partial charge on any atom is 0.0547 e. The van der Waals surface area contributed by atoms with E-state index in [1.165, 1.54) is 24.1 Å². The van der Waals surface area contributed by atoms with Crippen molar-refractivity contribution < 1.29 is 0 Å². The van der Waals surface area contributed by atoms with Crippen LogP contribution in [0.1, 0.15) is 37.9 Å². The topological polar surface area (TPSA) is 29.9 Å². The van der Waals surface area contributed by atoms with E-state index in [0.29, 0.717) is 0 Å². The summed E-state index contributed by atoms with van der Waals surface area (Å²) in [4.78, 5) is 0. The van der Waals surface area contributed by atoms with Crippen molar-refractivity contribution in [2.45, 2.75) is 46.2 Å². The number of aryl methyl sites for hydroxylation is 2. The van der Waals surface area contributed by atoms with Gasteiger partial charge >= 0.3 is 0 Å². The van der Waals surface area contributed by atoms with E-state index in [9.17, 15) is 0 Å². The van der Waals surface area contributed by atoms with Gasteiger partial charge < -0.3 is 5.32 Å². The fourth-order valence-corrected chi connectivity index (χ4v) is 1.35. The Hall–Kier alpha value is -0.830. The molecule has 0 radical (unpaired) electrons. The van der Waals surface area contributed by atoms with Crippen molar-refractivity contribution in [2.75, 3.05) is 0 Å². The van der Waals surface area contributed by atoms with E-state index in [0.717, 1.165) is 12.6 Å². The van der Waals surface area contributed by atoms with E-state index in [-0.39, 0.29) is 0 Å². The molecule has 0 saturated heterocycles. The Balaban J connectivity index is 0.000000461. The van der Waals surface area contributed by atoms with Crippen LogP contribution in [0.5, 0.6) is 0 Å². The molecule has 1 aromatic heterocycles. The zero-order valence-corrected chi connectivity index (χ0v) is 9.67. The van der Waals surface area contributed by atoms with Gasteiger partial charge in [0.25, 0.3) is 0 Å². The Morgan fingerprint density at radius 2 is 2.14 bits per heavy atom. The molecule has 1 saturated carbocycles. The molecule has 80 valence electrons. The molecule has 0 aliphatic heterocycles. The molecule has 1 N–H and O–H groups in total. The molecule has 1 heterocycles. The summed E-state index contributed by atoms with van der Waals surface area (Å²) in [6.45, 7) is 7.07. The predicted molar refractivity (Wildman–Crippen MR) is 59.2 cm³/mol. The van der Waals surface area contributed by atoms with Gasteiger partial charge in [0.1, 0.15) is 0 Å². The highest BCUT2D eigenvalue weighted by molar-refractivity contribution is 5.15. The maximum absolute atomic E-state index is 4.19. The van der Waals surface area contributed by atoms with Gasteiger partial charge in [-0.1, -0.05) is 13.8 Å². The Labute approximate surface area is 86.5 Å². The first-order valence-corrected chi connectivity index (χ1v) is 5.48. The molecule has 0 aromatic carbocycles. The van der Waals surface area contributed by atoms with Crippen LogP contribution in [0.25, 0.3) is 0 Å². The van der Waals surface area contributed by atoms with Crippen molar-refractivity contribution in [3.05, 3.63) is 17.5 Å². The first-order chi connectivity index (χ1) is 6.77. The fourth-order valence-electron chi connectivity index (χ4n) is 1.35. The minimum absolute atomic E-state index is 0.777. The van der Waals surface area contributed by atoms with Crippen LogP contribution in [0, 0.1) is 6.92 Å². The number of aromatic nitrogens is 2. The van der Waals surface area contributed by atoms with Gasteiger partial charge in [-0.25, -0.2) is 0 Å². The second kappa shape index (κ2) is 5.15. The second-order valence-electron chi connectivity index (χ2n) is 3.55. The number of hydrogen-bond acceptors (Lipinski definition) is 2. The lowest BCUT2D eigenvalue weighted by molar-refractivity contribution is 0.621. The molecule has 0 spiro atoms. The van der Waals surface area contributed by atoms with Crippen molar-refractivity contribution in [2.24, 2.45) is 7.05 Å². The van der Waals surface area contributed by atoms with Crippen molar-refractivity contribution in [3.8, 4) is 0 Å². The van der Waals surface area contributed by atoms with Crippen LogP contribution in [0.15, 0.2) is 6.20 Å². The summed E-state index contributed by atoms with van der Waals surface area (Å²) in [5, 5.41) is 7.67. The highest BCUT2D eigenvalue weighted by Crippen LogP contribution is 2.19. The lowest BCUT2D eigenvalue weighted by atomic mass is 10.3. The van der Waals surface area contributed by atoms with Crippen molar-refractivity contribution in [1.82, 2.24) is 15.1 Å². The first kappa shape index (κ1) is 11.2. The highest BCUT2D eigenvalue weighted by atomic mass is 15.3. The number of nitrogens with zero attached hydrogens (tertiary/aromatic N) is 2. The van der Waals surface area contributed by atoms with Gasteiger partial charge in [-0.15, -0.1) is 0 Å². The normalized spacial score (nSPS) is 14.9. The van der Waals surface area contributed by atoms with Crippen LogP contribution < -0.4 is 5.32 Å². The van der Waals surface area contributed by atoms with Gasteiger partial charge in [-0.3, -0.25) is 4.68 Å². The summed E-state index contributed by atoms with van der Waals surface area (Å²) in [5.41, 5.74) is 2.59. The van der Waals surface area contributed by atoms with Crippen LogP contribution in [0.3, 0.4) is 0 Å². The van der Waals surface area contributed by atoms with Crippen LogP contribution in [0.2, 0.25) is 0 Å². The number of hydrogen-bond donors (Lipinski definition) is 1. The van der Waals surface area contributed by atoms with Crippen LogP contribution in [0.4, 0.5) is 0 Å². The molecule has 0 atom stereocenters. The largest absolute Gasteiger partial charge is 0.308 e. The average molecular weight is 195 g/mol. The molecule has 1 aromatic rings. The van der Waals surface area contributed by atoms with E-state index in [2.05, 4.69) is 17.3 Å². The average Bonchev–Trinajstić information content (AvgIpc) is 2.97. The predicted octanol–water partition coefficient (Wildman–Crippen LogP) is 2.01. The summed E-state index contributed by atoms with van der Waals surface area (Å²) >= 11 is 0. The third kappa shape index (κ3) is 2.84. The van der Waals surface area contributed by atoms with E-state index in [1.54, 1.807) is 0 Å². The SMILES string of the molecule is CC.Cc1cnn(C)c1CNC1CC1. The first-order valence-electron chi connectivity index (χ1n) is 5.48. The fraction of sp³-hybridized carbons (Fsp3) is 0.727. The van der Waals surface area contributed by atoms with E-state index < -0.39 is 0 Å². The maximum atomic E-state index is 4.19. The van der Waals surface area contributed by atoms with Crippen molar-refractivity contribution in [1.29, 1.82) is 0 Å². The lowest BCUT2D eigenvalue weighted by Crippen LogP contribution is -2.18. The van der Waals surface area contributed by atoms with Gasteiger partial charge in [0.05, 0.1) is 11.9 Å². The molecule has 1 aliphatic rings. The van der Waals surface area contributed by atoms with E-state index >= 15 is 0 Å². The number of rotatable bonds is 3. The smallest absolute Gasteiger partial charge is 0.0547 e. The summed E-state index contributed by atoms with van der Waals surface area (Å²) in [5.74, 6) is 0. The molecule has 0 unspecified atom stereocenters. The Morgan fingerprint density at radius 1 is 1.50 bits per heavy atom. The van der Waals surface area contributed by atoms with E-state index in [1.807, 2.05) is 31.8 Å². The molecule has 1 aliphatic carbocycles. The minimum Gasteiger partial charge on any atom is -0.308 e. The third-order valence-corrected chi connectivity index (χ3v) is 2.41. The lowest BCUT2D eigenvalue weighted by Gasteiger charge is -2.04. The Morgan fingerprint density at radius 3 is 2.57 bits per heavy atom. The summed E-state index contributed by atoms with van der Waals surface area (Å²) < 4.78 is 1.95. The van der Waals surface area contributed by atoms with Gasteiger partial charge in [0.2, 0.25) is 0 Å². The highest BCUT2D eigenvalue weighted by Gasteiger charge is 2.20. The molecule has 2 rings (SSSR count). The standard InChI is InChI=1S/C9H15N3.C2H6/c1-7-5-11-12(2)9(7)6-10-8-3-4-8;1-2/h5,8,10H,3-4,6H2,1-2H3;1-2H3. The molecular formula is C11H21N3. The monoisotopic (exact) mass is 195 g/mol. The van der Waals surface area contributed by atoms with Gasteiger partial charge in [0.15, 0.2) is 0 Å². The van der Waals surface area contributed by atoms with Gasteiger partial charge in [-0.2, -0.15) is 5.10 Å². The third-order valence-electron chi connectivity index (χ3n) is 2.41. The van der Waals surface area contributed by atoms with E-state index in [4.69, 9.17) is 0 Å². The molecule has 14 heavy (non-hydrogen) atoms. The van der Waals surface area contributed by atoms with Crippen LogP contribution in [-0.4, -0.2) is 15.8 Å². The minimum atomic E-state index is 0.777. The summed E-state index contributed by atoms with van der Waals surface area (Å²) in [7, 11) is 2.00. The van der Waals surface area contributed by atoms with Gasteiger partial charge in [0, 0.05) is 19.6 Å². The summed E-state index contributed by atoms with van der Waals surface area (Å²) in [6, 6.07) is 0.777. The molecule has 1 fully saturated rings. The van der Waals surface area contributed by atoms with Crippen molar-refractivity contribution >= 4 is 0 Å². The number of nitrogens with one attached hydrogen (secondary N) is 1. The van der Waals surface area contributed by atoms with Crippen LogP contribution in [-0.2, 0) is 13.6 Å². The Kier molecular flexibility index (Phi) is 4.14. The zero-order valence-electron chi connectivity index (χ0n) is 9.67. The molecule has 0 bridgehead atoms. The molecular weight excluding hydrogens is 174 g/mol. The Bertz CT molecular complexity index is 255.